The number of amides is 1. The van der Waals surface area contributed by atoms with Crippen molar-refractivity contribution >= 4 is 5.91 Å². The highest BCUT2D eigenvalue weighted by molar-refractivity contribution is 5.86. The van der Waals surface area contributed by atoms with Gasteiger partial charge in [-0.15, -0.1) is 0 Å². The highest BCUT2D eigenvalue weighted by Gasteiger charge is 2.43. The number of hydrogen-bond acceptors (Lipinski definition) is 1. The van der Waals surface area contributed by atoms with Gasteiger partial charge in [-0.25, -0.2) is 0 Å². The Morgan fingerprint density at radius 3 is 2.50 bits per heavy atom. The van der Waals surface area contributed by atoms with Gasteiger partial charge in [-0.05, 0) is 12.5 Å². The van der Waals surface area contributed by atoms with Crippen LogP contribution in [0, 0.1) is 5.92 Å². The minimum Gasteiger partial charge on any atom is -0.335 e. The first-order valence-electron chi connectivity index (χ1n) is 5.11. The second-order valence-corrected chi connectivity index (χ2v) is 3.77. The molecule has 1 heterocycles. The van der Waals surface area contributed by atoms with E-state index in [0.717, 1.165) is 6.54 Å². The topological polar surface area (TPSA) is 20.3 Å². The molecule has 0 spiro atoms. The van der Waals surface area contributed by atoms with Crippen LogP contribution >= 0.6 is 0 Å². The number of hydrogen-bond donors (Lipinski definition) is 0. The van der Waals surface area contributed by atoms with Gasteiger partial charge in [0.25, 0.3) is 0 Å². The van der Waals surface area contributed by atoms with Gasteiger partial charge in [0, 0.05) is 6.54 Å². The predicted molar refractivity (Wildman–Crippen MR) is 55.7 cm³/mol. The molecular weight excluding hydrogens is 174 g/mol. The number of likely N-dealkylation sites (tertiary alicyclic amines) is 1. The van der Waals surface area contributed by atoms with Gasteiger partial charge in [-0.3, -0.25) is 4.79 Å². The molecular formula is C12H15NO. The van der Waals surface area contributed by atoms with Crippen LogP contribution in [-0.4, -0.2) is 17.4 Å². The lowest BCUT2D eigenvalue weighted by molar-refractivity contribution is -0.155. The van der Waals surface area contributed by atoms with E-state index in [1.54, 1.807) is 0 Å². The van der Waals surface area contributed by atoms with Gasteiger partial charge in [0.1, 0.15) is 0 Å². The highest BCUT2D eigenvalue weighted by Crippen LogP contribution is 2.38. The van der Waals surface area contributed by atoms with Crippen molar-refractivity contribution < 1.29 is 4.79 Å². The van der Waals surface area contributed by atoms with Crippen LogP contribution in [0.25, 0.3) is 0 Å². The number of carbonyl (C=O) groups is 1. The van der Waals surface area contributed by atoms with E-state index in [1.807, 2.05) is 36.9 Å². The Bertz CT molecular complexity index is 333. The van der Waals surface area contributed by atoms with Crippen LogP contribution in [0.15, 0.2) is 30.3 Å². The second kappa shape index (κ2) is 3.45. The van der Waals surface area contributed by atoms with E-state index in [2.05, 4.69) is 12.1 Å². The van der Waals surface area contributed by atoms with Gasteiger partial charge < -0.3 is 4.90 Å². The molecule has 2 nitrogen and oxygen atoms in total. The largest absolute Gasteiger partial charge is 0.335 e. The standard InChI is InChI=1S/C12H15NO/c1-3-13-11(9(2)12(13)14)10-7-5-4-6-8-10/h4-9,11H,3H2,1-2H3/t9-,11+/m0/s1. The predicted octanol–water partition coefficient (Wildman–Crippen LogP) is 2.23. The van der Waals surface area contributed by atoms with Crippen LogP contribution in [0.5, 0.6) is 0 Å². The lowest BCUT2D eigenvalue weighted by Gasteiger charge is -2.45. The average Bonchev–Trinajstić information content (AvgIpc) is 2.25. The monoisotopic (exact) mass is 189 g/mol. The van der Waals surface area contributed by atoms with Crippen LogP contribution in [0.1, 0.15) is 25.5 Å². The van der Waals surface area contributed by atoms with Crippen LogP contribution in [0.2, 0.25) is 0 Å². The van der Waals surface area contributed by atoms with E-state index in [9.17, 15) is 4.79 Å². The SMILES string of the molecule is CCN1C(=O)[C@@H](C)[C@@H]1c1ccccc1. The maximum atomic E-state index is 11.5. The zero-order valence-electron chi connectivity index (χ0n) is 8.60. The molecule has 0 bridgehead atoms. The molecule has 1 aliphatic rings. The molecule has 0 radical (unpaired) electrons. The van der Waals surface area contributed by atoms with E-state index in [1.165, 1.54) is 5.56 Å². The highest BCUT2D eigenvalue weighted by atomic mass is 16.2. The Morgan fingerprint density at radius 2 is 1.93 bits per heavy atom. The van der Waals surface area contributed by atoms with Crippen molar-refractivity contribution in [1.29, 1.82) is 0 Å². The Balaban J connectivity index is 2.23. The molecule has 1 aromatic rings. The molecule has 0 aromatic heterocycles. The summed E-state index contributed by atoms with van der Waals surface area (Å²) in [6, 6.07) is 10.5. The minimum atomic E-state index is 0.150. The number of rotatable bonds is 2. The summed E-state index contributed by atoms with van der Waals surface area (Å²) in [6.45, 7) is 4.84. The first kappa shape index (κ1) is 9.25. The van der Waals surface area contributed by atoms with Crippen LogP contribution in [-0.2, 0) is 4.79 Å². The molecule has 1 aliphatic heterocycles. The summed E-state index contributed by atoms with van der Waals surface area (Å²) in [4.78, 5) is 13.4. The molecule has 1 amide bonds. The smallest absolute Gasteiger partial charge is 0.228 e. The van der Waals surface area contributed by atoms with Crippen LogP contribution in [0.3, 0.4) is 0 Å². The fourth-order valence-electron chi connectivity index (χ4n) is 2.19. The molecule has 0 saturated carbocycles. The number of nitrogens with zero attached hydrogens (tertiary/aromatic N) is 1. The van der Waals surface area contributed by atoms with Gasteiger partial charge in [0.05, 0.1) is 12.0 Å². The van der Waals surface area contributed by atoms with Gasteiger partial charge in [-0.1, -0.05) is 37.3 Å². The van der Waals surface area contributed by atoms with Gasteiger partial charge in [0.2, 0.25) is 5.91 Å². The van der Waals surface area contributed by atoms with Crippen molar-refractivity contribution in [3.05, 3.63) is 35.9 Å². The van der Waals surface area contributed by atoms with Crippen molar-refractivity contribution in [2.24, 2.45) is 5.92 Å². The molecule has 74 valence electrons. The van der Waals surface area contributed by atoms with Gasteiger partial charge >= 0.3 is 0 Å². The molecule has 0 unspecified atom stereocenters. The van der Waals surface area contributed by atoms with Crippen molar-refractivity contribution in [2.45, 2.75) is 19.9 Å². The summed E-state index contributed by atoms with van der Waals surface area (Å²) < 4.78 is 0. The first-order chi connectivity index (χ1) is 6.75. The molecule has 1 aromatic carbocycles. The maximum Gasteiger partial charge on any atom is 0.228 e. The molecule has 2 atom stereocenters. The second-order valence-electron chi connectivity index (χ2n) is 3.77. The number of carbonyl (C=O) groups excluding carboxylic acids is 1. The molecule has 1 saturated heterocycles. The number of β-lactam (4-membered cyclic amide) rings is 1. The van der Waals surface area contributed by atoms with E-state index >= 15 is 0 Å². The Morgan fingerprint density at radius 1 is 1.29 bits per heavy atom. The third-order valence-corrected chi connectivity index (χ3v) is 2.96. The summed E-state index contributed by atoms with van der Waals surface area (Å²) in [5.41, 5.74) is 1.25. The summed E-state index contributed by atoms with van der Waals surface area (Å²) in [5.74, 6) is 0.429. The fourth-order valence-corrected chi connectivity index (χ4v) is 2.19. The molecule has 0 aliphatic carbocycles. The van der Waals surface area contributed by atoms with Crippen molar-refractivity contribution in [3.63, 3.8) is 0 Å². The fraction of sp³-hybridized carbons (Fsp3) is 0.417. The summed E-state index contributed by atoms with van der Waals surface area (Å²) in [5, 5.41) is 0. The number of benzene rings is 1. The quantitative estimate of drug-likeness (QED) is 0.653. The van der Waals surface area contributed by atoms with Gasteiger partial charge in [0.15, 0.2) is 0 Å². The molecule has 0 N–H and O–H groups in total. The Hall–Kier alpha value is -1.31. The molecule has 14 heavy (non-hydrogen) atoms. The van der Waals surface area contributed by atoms with E-state index < -0.39 is 0 Å². The van der Waals surface area contributed by atoms with Crippen LogP contribution in [0.4, 0.5) is 0 Å². The first-order valence-corrected chi connectivity index (χ1v) is 5.11. The molecule has 2 heteroatoms. The zero-order valence-corrected chi connectivity index (χ0v) is 8.60. The van der Waals surface area contributed by atoms with E-state index in [-0.39, 0.29) is 11.8 Å². The zero-order chi connectivity index (χ0) is 10.1. The van der Waals surface area contributed by atoms with E-state index in [4.69, 9.17) is 0 Å². The van der Waals surface area contributed by atoms with E-state index in [0.29, 0.717) is 6.04 Å². The van der Waals surface area contributed by atoms with Crippen molar-refractivity contribution in [2.75, 3.05) is 6.54 Å². The minimum absolute atomic E-state index is 0.150. The lowest BCUT2D eigenvalue weighted by atomic mass is 9.84. The van der Waals surface area contributed by atoms with Gasteiger partial charge in [-0.2, -0.15) is 0 Å². The summed E-state index contributed by atoms with van der Waals surface area (Å²) >= 11 is 0. The molecule has 1 fully saturated rings. The Kier molecular flexibility index (Phi) is 2.28. The van der Waals surface area contributed by atoms with Crippen molar-refractivity contribution in [3.8, 4) is 0 Å². The van der Waals surface area contributed by atoms with Crippen molar-refractivity contribution in [1.82, 2.24) is 4.90 Å². The van der Waals surface area contributed by atoms with Crippen LogP contribution < -0.4 is 0 Å². The Labute approximate surface area is 84.5 Å². The third kappa shape index (κ3) is 1.22. The third-order valence-electron chi connectivity index (χ3n) is 2.96. The summed E-state index contributed by atoms with van der Waals surface area (Å²) in [6.07, 6.45) is 0. The maximum absolute atomic E-state index is 11.5. The normalized spacial score (nSPS) is 26.1. The average molecular weight is 189 g/mol. The molecule has 2 rings (SSSR count). The summed E-state index contributed by atoms with van der Waals surface area (Å²) in [7, 11) is 0. The lowest BCUT2D eigenvalue weighted by Crippen LogP contribution is -2.53.